The number of nitrogens with zero attached hydrogens (tertiary/aromatic N) is 1. The second-order valence-corrected chi connectivity index (χ2v) is 8.93. The first kappa shape index (κ1) is 22.6. The second-order valence-electron chi connectivity index (χ2n) is 7.25. The van der Waals surface area contributed by atoms with Gasteiger partial charge in [-0.25, -0.2) is 12.8 Å². The molecule has 0 unspecified atom stereocenters. The van der Waals surface area contributed by atoms with Crippen molar-refractivity contribution in [1.29, 1.82) is 0 Å². The summed E-state index contributed by atoms with van der Waals surface area (Å²) in [5.41, 5.74) is 0.549. The first-order chi connectivity index (χ1) is 14.6. The van der Waals surface area contributed by atoms with Gasteiger partial charge in [0.1, 0.15) is 23.4 Å². The minimum atomic E-state index is -4.32. The van der Waals surface area contributed by atoms with Crippen LogP contribution in [-0.4, -0.2) is 50.3 Å². The van der Waals surface area contributed by atoms with E-state index in [0.29, 0.717) is 0 Å². The van der Waals surface area contributed by atoms with Gasteiger partial charge in [0.25, 0.3) is 11.8 Å². The Morgan fingerprint density at radius 1 is 1.03 bits per heavy atom. The molecule has 164 valence electrons. The highest BCUT2D eigenvalue weighted by atomic mass is 32.2. The molecule has 10 heteroatoms. The van der Waals surface area contributed by atoms with Gasteiger partial charge in [-0.05, 0) is 30.2 Å². The summed E-state index contributed by atoms with van der Waals surface area (Å²) in [5.74, 6) is -3.33. The van der Waals surface area contributed by atoms with E-state index in [1.165, 1.54) is 24.3 Å². The van der Waals surface area contributed by atoms with E-state index in [0.717, 1.165) is 17.0 Å². The minimum absolute atomic E-state index is 0.178. The predicted molar refractivity (Wildman–Crippen MR) is 108 cm³/mol. The molecule has 31 heavy (non-hydrogen) atoms. The number of fused-ring (bicyclic) bond motifs is 1. The van der Waals surface area contributed by atoms with Crippen molar-refractivity contribution in [3.8, 4) is 0 Å². The Kier molecular flexibility index (Phi) is 6.51. The van der Waals surface area contributed by atoms with Gasteiger partial charge in [0.2, 0.25) is 10.0 Å². The normalized spacial score (nSPS) is 14.6. The quantitative estimate of drug-likeness (QED) is 0.488. The molecule has 2 amide bonds. The van der Waals surface area contributed by atoms with Crippen molar-refractivity contribution in [1.82, 2.24) is 9.62 Å². The summed E-state index contributed by atoms with van der Waals surface area (Å²) in [6.45, 7) is 2.71. The number of ether oxygens (including phenoxy) is 1. The van der Waals surface area contributed by atoms with Gasteiger partial charge in [0, 0.05) is 0 Å². The van der Waals surface area contributed by atoms with Crippen LogP contribution in [-0.2, 0) is 19.6 Å². The summed E-state index contributed by atoms with van der Waals surface area (Å²) in [4.78, 5) is 37.6. The molecule has 2 aromatic rings. The van der Waals surface area contributed by atoms with Crippen LogP contribution < -0.4 is 4.72 Å². The number of imide groups is 1. The van der Waals surface area contributed by atoms with Crippen molar-refractivity contribution in [2.45, 2.75) is 24.8 Å². The first-order valence-electron chi connectivity index (χ1n) is 9.52. The lowest BCUT2D eigenvalue weighted by atomic mass is 10.1. The number of carbonyl (C=O) groups excluding carboxylic acids is 3. The van der Waals surface area contributed by atoms with Crippen molar-refractivity contribution in [2.75, 3.05) is 13.2 Å². The topological polar surface area (TPSA) is 110 Å². The van der Waals surface area contributed by atoms with Crippen LogP contribution in [0.3, 0.4) is 0 Å². The number of nitrogens with one attached hydrogen (secondary N) is 1. The number of halogens is 1. The zero-order chi connectivity index (χ0) is 22.8. The molecule has 1 aliphatic rings. The van der Waals surface area contributed by atoms with Crippen LogP contribution in [0.25, 0.3) is 0 Å². The van der Waals surface area contributed by atoms with Gasteiger partial charge >= 0.3 is 5.97 Å². The number of rotatable bonds is 8. The number of hydrogen-bond acceptors (Lipinski definition) is 6. The van der Waals surface area contributed by atoms with Gasteiger partial charge in [0.15, 0.2) is 0 Å². The summed E-state index contributed by atoms with van der Waals surface area (Å²) in [7, 11) is -4.32. The van der Waals surface area contributed by atoms with Crippen LogP contribution in [0.1, 0.15) is 34.6 Å². The molecule has 0 aromatic heterocycles. The molecule has 0 spiro atoms. The maximum Gasteiger partial charge on any atom is 0.324 e. The Morgan fingerprint density at radius 3 is 2.13 bits per heavy atom. The summed E-state index contributed by atoms with van der Waals surface area (Å²) in [5, 5.41) is 0. The van der Waals surface area contributed by atoms with Crippen molar-refractivity contribution >= 4 is 27.8 Å². The van der Waals surface area contributed by atoms with Crippen molar-refractivity contribution in [3.05, 3.63) is 65.5 Å². The molecule has 0 fully saturated rings. The van der Waals surface area contributed by atoms with E-state index in [9.17, 15) is 27.2 Å². The van der Waals surface area contributed by atoms with E-state index in [1.807, 2.05) is 0 Å². The molecule has 2 aromatic carbocycles. The molecule has 1 N–H and O–H groups in total. The number of benzene rings is 2. The van der Waals surface area contributed by atoms with Gasteiger partial charge in [-0.1, -0.05) is 38.1 Å². The van der Waals surface area contributed by atoms with E-state index in [-0.39, 0.29) is 24.3 Å². The van der Waals surface area contributed by atoms with Gasteiger partial charge in [-0.2, -0.15) is 4.72 Å². The van der Waals surface area contributed by atoms with Crippen molar-refractivity contribution in [3.63, 3.8) is 0 Å². The Balaban J connectivity index is 1.64. The van der Waals surface area contributed by atoms with Gasteiger partial charge < -0.3 is 4.74 Å². The zero-order valence-corrected chi connectivity index (χ0v) is 17.7. The average molecular weight is 448 g/mol. The first-order valence-corrected chi connectivity index (χ1v) is 11.0. The fourth-order valence-electron chi connectivity index (χ4n) is 3.12. The molecule has 3 rings (SSSR count). The van der Waals surface area contributed by atoms with Crippen molar-refractivity contribution in [2.24, 2.45) is 5.92 Å². The highest BCUT2D eigenvalue weighted by Crippen LogP contribution is 2.22. The highest BCUT2D eigenvalue weighted by molar-refractivity contribution is 7.89. The zero-order valence-electron chi connectivity index (χ0n) is 16.9. The average Bonchev–Trinajstić information content (AvgIpc) is 2.97. The third kappa shape index (κ3) is 4.64. The van der Waals surface area contributed by atoms with Gasteiger partial charge in [-0.3, -0.25) is 19.3 Å². The van der Waals surface area contributed by atoms with Crippen LogP contribution in [0.15, 0.2) is 53.4 Å². The monoisotopic (exact) mass is 448 g/mol. The number of carbonyl (C=O) groups is 3. The van der Waals surface area contributed by atoms with Gasteiger partial charge in [-0.15, -0.1) is 0 Å². The lowest BCUT2D eigenvalue weighted by Crippen LogP contribution is -2.46. The van der Waals surface area contributed by atoms with E-state index in [4.69, 9.17) is 4.74 Å². The fourth-order valence-corrected chi connectivity index (χ4v) is 4.53. The van der Waals surface area contributed by atoms with E-state index in [2.05, 4.69) is 4.72 Å². The second kappa shape index (κ2) is 8.94. The highest BCUT2D eigenvalue weighted by Gasteiger charge is 2.35. The number of hydrogen-bond donors (Lipinski definition) is 1. The smallest absolute Gasteiger partial charge is 0.324 e. The third-order valence-corrected chi connectivity index (χ3v) is 6.24. The van der Waals surface area contributed by atoms with Gasteiger partial charge in [0.05, 0.1) is 17.7 Å². The molecule has 1 atom stereocenters. The molecule has 1 heterocycles. The summed E-state index contributed by atoms with van der Waals surface area (Å²) in [6.07, 6.45) is 0. The molecule has 8 nitrogen and oxygen atoms in total. The van der Waals surface area contributed by atoms with Crippen LogP contribution in [0, 0.1) is 11.7 Å². The number of sulfonamides is 1. The largest absolute Gasteiger partial charge is 0.463 e. The lowest BCUT2D eigenvalue weighted by molar-refractivity contribution is -0.147. The molecule has 0 bridgehead atoms. The molecule has 0 saturated heterocycles. The SMILES string of the molecule is CC(C)[C@H](NS(=O)(=O)c1ccccc1F)C(=O)OCCN1C(=O)c2ccccc2C1=O. The summed E-state index contributed by atoms with van der Waals surface area (Å²) < 4.78 is 46.2. The third-order valence-electron chi connectivity index (χ3n) is 4.77. The molecule has 0 saturated carbocycles. The van der Waals surface area contributed by atoms with E-state index < -0.39 is 50.5 Å². The molecule has 0 radical (unpaired) electrons. The number of esters is 1. The van der Waals surface area contributed by atoms with Crippen molar-refractivity contribution < 1.29 is 31.9 Å². The number of amides is 2. The fraction of sp³-hybridized carbons (Fsp3) is 0.286. The van der Waals surface area contributed by atoms with Crippen LogP contribution in [0.2, 0.25) is 0 Å². The maximum absolute atomic E-state index is 13.9. The Bertz CT molecular complexity index is 1100. The molecular weight excluding hydrogens is 427 g/mol. The maximum atomic E-state index is 13.9. The Labute approximate surface area is 179 Å². The Morgan fingerprint density at radius 2 is 1.58 bits per heavy atom. The summed E-state index contributed by atoms with van der Waals surface area (Å²) >= 11 is 0. The standard InChI is InChI=1S/C21H21FN2O6S/c1-13(2)18(23-31(28,29)17-10-6-5-9-16(17)22)21(27)30-12-11-24-19(25)14-7-3-4-8-15(14)20(24)26/h3-10,13,18,23H,11-12H2,1-2H3/t18-/m0/s1. The lowest BCUT2D eigenvalue weighted by Gasteiger charge is -2.21. The van der Waals surface area contributed by atoms with Crippen LogP contribution in [0.4, 0.5) is 4.39 Å². The molecule has 1 aliphatic heterocycles. The van der Waals surface area contributed by atoms with E-state index in [1.54, 1.807) is 26.0 Å². The minimum Gasteiger partial charge on any atom is -0.463 e. The Hall–Kier alpha value is -3.11. The molecule has 0 aliphatic carbocycles. The van der Waals surface area contributed by atoms with Crippen LogP contribution >= 0.6 is 0 Å². The van der Waals surface area contributed by atoms with Crippen LogP contribution in [0.5, 0.6) is 0 Å². The van der Waals surface area contributed by atoms with E-state index >= 15 is 0 Å². The molecular formula is C21H21FN2O6S. The predicted octanol–water partition coefficient (Wildman–Crippen LogP) is 1.97. The summed E-state index contributed by atoms with van der Waals surface area (Å²) in [6, 6.07) is 9.87.